The number of carbonyl (C=O) groups is 1. The molecule has 0 saturated carbocycles. The van der Waals surface area contributed by atoms with Gasteiger partial charge in [0, 0.05) is 0 Å². The van der Waals surface area contributed by atoms with E-state index in [0.29, 0.717) is 12.0 Å². The summed E-state index contributed by atoms with van der Waals surface area (Å²) in [6.45, 7) is 0.978. The Morgan fingerprint density at radius 3 is 2.67 bits per heavy atom. The van der Waals surface area contributed by atoms with Gasteiger partial charge in [0.15, 0.2) is 18.4 Å². The van der Waals surface area contributed by atoms with E-state index in [1.165, 1.54) is 12.1 Å². The summed E-state index contributed by atoms with van der Waals surface area (Å²) < 4.78 is 18.2. The predicted molar refractivity (Wildman–Crippen MR) is 50.5 cm³/mol. The molecule has 1 rings (SSSR count). The van der Waals surface area contributed by atoms with Gasteiger partial charge in [-0.15, -0.1) is 0 Å². The van der Waals surface area contributed by atoms with Gasteiger partial charge in [-0.25, -0.2) is 9.18 Å². The molecule has 0 aliphatic heterocycles. The Morgan fingerprint density at radius 2 is 2.20 bits per heavy atom. The van der Waals surface area contributed by atoms with E-state index in [1.54, 1.807) is 6.92 Å². The Morgan fingerprint density at radius 1 is 1.53 bits per heavy atom. The molecule has 82 valence electrons. The van der Waals surface area contributed by atoms with Crippen LogP contribution in [-0.4, -0.2) is 23.0 Å². The largest absolute Gasteiger partial charge is 0.478 e. The van der Waals surface area contributed by atoms with Crippen LogP contribution in [0.1, 0.15) is 22.8 Å². The zero-order valence-electron chi connectivity index (χ0n) is 8.16. The number of ether oxygens (including phenoxy) is 1. The molecule has 0 radical (unpaired) electrons. The quantitative estimate of drug-likeness (QED) is 0.744. The molecule has 0 atom stereocenters. The number of aliphatic hydroxyl groups excluding tert-OH is 1. The normalized spacial score (nSPS) is 10.1. The zero-order valence-corrected chi connectivity index (χ0v) is 8.16. The number of halogens is 1. The molecule has 0 aliphatic carbocycles. The lowest BCUT2D eigenvalue weighted by Gasteiger charge is -2.10. The second-order valence-electron chi connectivity index (χ2n) is 2.85. The zero-order chi connectivity index (χ0) is 11.4. The average Bonchev–Trinajstić information content (AvgIpc) is 2.20. The molecule has 0 fully saturated rings. The summed E-state index contributed by atoms with van der Waals surface area (Å²) >= 11 is 0. The molecule has 0 amide bonds. The second-order valence-corrected chi connectivity index (χ2v) is 2.85. The van der Waals surface area contributed by atoms with Gasteiger partial charge in [-0.2, -0.15) is 0 Å². The summed E-state index contributed by atoms with van der Waals surface area (Å²) in [5.41, 5.74) is 0.0576. The number of benzene rings is 1. The molecule has 0 aliphatic rings. The van der Waals surface area contributed by atoms with Crippen molar-refractivity contribution in [1.29, 1.82) is 0 Å². The van der Waals surface area contributed by atoms with Crippen LogP contribution >= 0.6 is 0 Å². The highest BCUT2D eigenvalue weighted by molar-refractivity contribution is 5.91. The molecular weight excluding hydrogens is 203 g/mol. The minimum atomic E-state index is -1.29. The fourth-order valence-corrected chi connectivity index (χ4v) is 1.24. The third-order valence-electron chi connectivity index (χ3n) is 2.00. The molecule has 4 nitrogen and oxygen atoms in total. The van der Waals surface area contributed by atoms with Crippen molar-refractivity contribution in [2.75, 3.05) is 6.79 Å². The van der Waals surface area contributed by atoms with Crippen molar-refractivity contribution in [3.8, 4) is 5.75 Å². The van der Waals surface area contributed by atoms with E-state index in [4.69, 9.17) is 10.2 Å². The van der Waals surface area contributed by atoms with E-state index in [9.17, 15) is 9.18 Å². The van der Waals surface area contributed by atoms with Gasteiger partial charge >= 0.3 is 5.97 Å². The Kier molecular flexibility index (Phi) is 3.62. The molecule has 0 bridgehead atoms. The van der Waals surface area contributed by atoms with Gasteiger partial charge in [-0.3, -0.25) is 0 Å². The molecule has 1 aromatic rings. The van der Waals surface area contributed by atoms with Crippen molar-refractivity contribution < 1.29 is 24.1 Å². The lowest BCUT2D eigenvalue weighted by atomic mass is 10.1. The number of aromatic carboxylic acids is 1. The Labute approximate surface area is 85.9 Å². The summed E-state index contributed by atoms with van der Waals surface area (Å²) in [4.78, 5) is 10.7. The van der Waals surface area contributed by atoms with Crippen molar-refractivity contribution in [2.24, 2.45) is 0 Å². The van der Waals surface area contributed by atoms with Gasteiger partial charge in [-0.05, 0) is 18.1 Å². The van der Waals surface area contributed by atoms with E-state index in [2.05, 4.69) is 4.74 Å². The maximum absolute atomic E-state index is 13.6. The predicted octanol–water partition coefficient (Wildman–Crippen LogP) is 1.41. The smallest absolute Gasteiger partial charge is 0.339 e. The topological polar surface area (TPSA) is 66.8 Å². The first kappa shape index (κ1) is 11.5. The van der Waals surface area contributed by atoms with Crippen molar-refractivity contribution in [2.45, 2.75) is 13.3 Å². The second kappa shape index (κ2) is 4.75. The molecule has 0 unspecified atom stereocenters. The fraction of sp³-hybridized carbons (Fsp3) is 0.300. The van der Waals surface area contributed by atoms with Gasteiger partial charge in [0.2, 0.25) is 0 Å². The van der Waals surface area contributed by atoms with Crippen molar-refractivity contribution in [1.82, 2.24) is 0 Å². The summed E-state index contributed by atoms with van der Waals surface area (Å²) in [7, 11) is 0. The lowest BCUT2D eigenvalue weighted by molar-refractivity contribution is 0.0668. The molecule has 2 N–H and O–H groups in total. The molecule has 0 spiro atoms. The number of hydrogen-bond donors (Lipinski definition) is 2. The maximum atomic E-state index is 13.6. The standard InChI is InChI=1S/C10H11FO4/c1-2-6-3-4-7(10(13)14)9(8(6)11)15-5-12/h3-4,12H,2,5H2,1H3,(H,13,14). The number of rotatable bonds is 4. The number of carboxylic acid groups (broad SMARTS) is 1. The molecule has 0 heterocycles. The van der Waals surface area contributed by atoms with Crippen molar-refractivity contribution in [3.63, 3.8) is 0 Å². The first-order chi connectivity index (χ1) is 7.11. The minimum Gasteiger partial charge on any atom is -0.478 e. The summed E-state index contributed by atoms with van der Waals surface area (Å²) in [6, 6.07) is 2.65. The van der Waals surface area contributed by atoms with Crippen LogP contribution in [0, 0.1) is 5.82 Å². The van der Waals surface area contributed by atoms with Crippen LogP contribution in [-0.2, 0) is 6.42 Å². The molecule has 5 heteroatoms. The van der Waals surface area contributed by atoms with Crippen molar-refractivity contribution in [3.05, 3.63) is 29.1 Å². The SMILES string of the molecule is CCc1ccc(C(=O)O)c(OCO)c1F. The number of carboxylic acids is 1. The van der Waals surface area contributed by atoms with E-state index in [0.717, 1.165) is 0 Å². The van der Waals surface area contributed by atoms with Gasteiger partial charge in [0.1, 0.15) is 5.56 Å². The van der Waals surface area contributed by atoms with Gasteiger partial charge < -0.3 is 14.9 Å². The van der Waals surface area contributed by atoms with Gasteiger partial charge in [-0.1, -0.05) is 13.0 Å². The summed E-state index contributed by atoms with van der Waals surface area (Å²) in [5.74, 6) is -2.43. The molecule has 0 saturated heterocycles. The maximum Gasteiger partial charge on any atom is 0.339 e. The molecule has 15 heavy (non-hydrogen) atoms. The van der Waals surface area contributed by atoms with E-state index in [-0.39, 0.29) is 5.56 Å². The highest BCUT2D eigenvalue weighted by Gasteiger charge is 2.18. The Hall–Kier alpha value is -1.62. The van der Waals surface area contributed by atoms with E-state index in [1.807, 2.05) is 0 Å². The lowest BCUT2D eigenvalue weighted by Crippen LogP contribution is -2.07. The first-order valence-electron chi connectivity index (χ1n) is 4.40. The summed E-state index contributed by atoms with van der Waals surface area (Å²) in [5, 5.41) is 17.3. The molecule has 1 aromatic carbocycles. The van der Waals surface area contributed by atoms with E-state index < -0.39 is 24.3 Å². The highest BCUT2D eigenvalue weighted by Crippen LogP contribution is 2.26. The Balaban J connectivity index is 3.30. The monoisotopic (exact) mass is 214 g/mol. The number of aryl methyl sites for hydroxylation is 1. The third-order valence-corrected chi connectivity index (χ3v) is 2.00. The highest BCUT2D eigenvalue weighted by atomic mass is 19.1. The van der Waals surface area contributed by atoms with Crippen LogP contribution in [0.5, 0.6) is 5.75 Å². The van der Waals surface area contributed by atoms with Gasteiger partial charge in [0.05, 0.1) is 0 Å². The van der Waals surface area contributed by atoms with Crippen LogP contribution in [0.3, 0.4) is 0 Å². The number of hydrogen-bond acceptors (Lipinski definition) is 3. The molecule has 0 aromatic heterocycles. The van der Waals surface area contributed by atoms with Crippen LogP contribution in [0.2, 0.25) is 0 Å². The van der Waals surface area contributed by atoms with Crippen LogP contribution in [0.15, 0.2) is 12.1 Å². The van der Waals surface area contributed by atoms with Crippen LogP contribution in [0.25, 0.3) is 0 Å². The van der Waals surface area contributed by atoms with Crippen LogP contribution in [0.4, 0.5) is 4.39 Å². The Bertz CT molecular complexity index is 376. The minimum absolute atomic E-state index is 0.293. The van der Waals surface area contributed by atoms with Crippen molar-refractivity contribution >= 4 is 5.97 Å². The first-order valence-corrected chi connectivity index (χ1v) is 4.40. The average molecular weight is 214 g/mol. The fourth-order valence-electron chi connectivity index (χ4n) is 1.24. The van der Waals surface area contributed by atoms with Crippen LogP contribution < -0.4 is 4.74 Å². The molecular formula is C10H11FO4. The van der Waals surface area contributed by atoms with Gasteiger partial charge in [0.25, 0.3) is 0 Å². The number of aliphatic hydroxyl groups is 1. The third kappa shape index (κ3) is 2.24. The van der Waals surface area contributed by atoms with E-state index >= 15 is 0 Å². The summed E-state index contributed by atoms with van der Waals surface area (Å²) in [6.07, 6.45) is 0.424.